The highest BCUT2D eigenvalue weighted by atomic mass is 35.5. The summed E-state index contributed by atoms with van der Waals surface area (Å²) in [6.45, 7) is 9.19. The fraction of sp³-hybridized carbons (Fsp3) is 0.556. The van der Waals surface area contributed by atoms with Crippen LogP contribution in [0.1, 0.15) is 20.8 Å². The van der Waals surface area contributed by atoms with E-state index in [0.717, 1.165) is 0 Å². The van der Waals surface area contributed by atoms with Crippen LogP contribution in [0.25, 0.3) is 0 Å². The Balaban J connectivity index is 3.07. The Morgan fingerprint density at radius 2 is 2.13 bits per heavy atom. The molecule has 1 heterocycles. The Hall–Kier alpha value is -1.23. The van der Waals surface area contributed by atoms with E-state index in [9.17, 15) is 4.79 Å². The molecule has 2 N–H and O–H groups in total. The summed E-state index contributed by atoms with van der Waals surface area (Å²) >= 11 is 5.84. The number of hydrogen-bond donors (Lipinski definition) is 2. The van der Waals surface area contributed by atoms with Gasteiger partial charge in [0.25, 0.3) is 5.91 Å². The van der Waals surface area contributed by atoms with E-state index in [1.807, 2.05) is 20.8 Å². The number of oxime groups is 1. The summed E-state index contributed by atoms with van der Waals surface area (Å²) in [5.74, 6) is -0.447. The average molecular weight is 232 g/mol. The molecule has 1 unspecified atom stereocenters. The summed E-state index contributed by atoms with van der Waals surface area (Å²) in [5, 5.41) is 12.2. The van der Waals surface area contributed by atoms with Crippen molar-refractivity contribution in [1.29, 1.82) is 0 Å². The molecular weight excluding hydrogens is 218 g/mol. The van der Waals surface area contributed by atoms with Crippen molar-refractivity contribution in [3.8, 4) is 0 Å². The predicted octanol–water partition coefficient (Wildman–Crippen LogP) is 1.08. The van der Waals surface area contributed by atoms with Gasteiger partial charge in [0.1, 0.15) is 5.38 Å². The van der Waals surface area contributed by atoms with Gasteiger partial charge in [0.15, 0.2) is 5.71 Å². The normalized spacial score (nSPS) is 25.7. The first-order valence-electron chi connectivity index (χ1n) is 4.45. The molecule has 1 atom stereocenters. The quantitative estimate of drug-likeness (QED) is 0.373. The molecule has 1 aliphatic heterocycles. The number of carbonyl (C=O) groups is 1. The molecule has 0 radical (unpaired) electrons. The smallest absolute Gasteiger partial charge is 0.292 e. The molecule has 0 aromatic carbocycles. The van der Waals surface area contributed by atoms with Crippen LogP contribution in [0.2, 0.25) is 0 Å². The van der Waals surface area contributed by atoms with Crippen LogP contribution in [-0.4, -0.2) is 32.8 Å². The maximum Gasteiger partial charge on any atom is 0.292 e. The highest BCUT2D eigenvalue weighted by Crippen LogP contribution is 2.21. The number of allylic oxidation sites excluding steroid dienone is 1. The van der Waals surface area contributed by atoms with Gasteiger partial charge < -0.3 is 5.21 Å². The van der Waals surface area contributed by atoms with Gasteiger partial charge in [0, 0.05) is 5.70 Å². The molecule has 6 heteroatoms. The topological polar surface area (TPSA) is 64.9 Å². The second-order valence-electron chi connectivity index (χ2n) is 4.30. The number of hydrogen-bond acceptors (Lipinski definition) is 4. The summed E-state index contributed by atoms with van der Waals surface area (Å²) in [7, 11) is 0. The second kappa shape index (κ2) is 3.73. The number of amides is 1. The summed E-state index contributed by atoms with van der Waals surface area (Å²) in [4.78, 5) is 11.8. The molecule has 1 aliphatic rings. The highest BCUT2D eigenvalue weighted by molar-refractivity contribution is 6.52. The van der Waals surface area contributed by atoms with E-state index >= 15 is 0 Å². The molecule has 0 aromatic rings. The summed E-state index contributed by atoms with van der Waals surface area (Å²) in [6.07, 6.45) is 0. The van der Waals surface area contributed by atoms with Gasteiger partial charge in [-0.2, -0.15) is 0 Å². The Morgan fingerprint density at radius 1 is 1.60 bits per heavy atom. The summed E-state index contributed by atoms with van der Waals surface area (Å²) < 4.78 is 0. The van der Waals surface area contributed by atoms with Crippen LogP contribution in [0.4, 0.5) is 0 Å². The van der Waals surface area contributed by atoms with Crippen molar-refractivity contribution >= 4 is 23.2 Å². The molecule has 1 fully saturated rings. The Morgan fingerprint density at radius 3 is 2.53 bits per heavy atom. The Bertz CT molecular complexity index is 333. The fourth-order valence-electron chi connectivity index (χ4n) is 1.20. The average Bonchev–Trinajstić information content (AvgIpc) is 2.10. The van der Waals surface area contributed by atoms with E-state index in [4.69, 9.17) is 16.8 Å². The van der Waals surface area contributed by atoms with Crippen LogP contribution >= 0.6 is 11.6 Å². The molecule has 1 saturated heterocycles. The first-order valence-corrected chi connectivity index (χ1v) is 4.88. The van der Waals surface area contributed by atoms with Gasteiger partial charge in [-0.1, -0.05) is 11.7 Å². The van der Waals surface area contributed by atoms with E-state index in [-0.39, 0.29) is 5.71 Å². The molecule has 84 valence electrons. The van der Waals surface area contributed by atoms with Crippen molar-refractivity contribution in [3.63, 3.8) is 0 Å². The zero-order valence-electron chi connectivity index (χ0n) is 8.91. The Kier molecular flexibility index (Phi) is 2.95. The van der Waals surface area contributed by atoms with Crippen LogP contribution in [0, 0.1) is 0 Å². The monoisotopic (exact) mass is 231 g/mol. The van der Waals surface area contributed by atoms with E-state index in [1.165, 1.54) is 5.01 Å². The lowest BCUT2D eigenvalue weighted by Gasteiger charge is -2.41. The zero-order chi connectivity index (χ0) is 11.8. The predicted molar refractivity (Wildman–Crippen MR) is 57.7 cm³/mol. The minimum Gasteiger partial charge on any atom is -0.410 e. The van der Waals surface area contributed by atoms with Crippen molar-refractivity contribution < 1.29 is 10.0 Å². The third-order valence-corrected chi connectivity index (χ3v) is 2.47. The molecule has 1 amide bonds. The highest BCUT2D eigenvalue weighted by Gasteiger charge is 2.39. The maximum atomic E-state index is 11.8. The first kappa shape index (κ1) is 11.8. The lowest BCUT2D eigenvalue weighted by atomic mass is 10.0. The Labute approximate surface area is 93.4 Å². The third kappa shape index (κ3) is 2.07. The van der Waals surface area contributed by atoms with Crippen LogP contribution in [0.3, 0.4) is 0 Å². The van der Waals surface area contributed by atoms with Crippen molar-refractivity contribution in [2.75, 3.05) is 0 Å². The largest absolute Gasteiger partial charge is 0.410 e. The van der Waals surface area contributed by atoms with Crippen LogP contribution < -0.4 is 5.43 Å². The van der Waals surface area contributed by atoms with Crippen LogP contribution in [-0.2, 0) is 4.79 Å². The van der Waals surface area contributed by atoms with Gasteiger partial charge in [-0.15, -0.1) is 11.6 Å². The van der Waals surface area contributed by atoms with E-state index in [2.05, 4.69) is 17.2 Å². The number of nitrogens with zero attached hydrogens (tertiary/aromatic N) is 2. The van der Waals surface area contributed by atoms with E-state index < -0.39 is 16.8 Å². The van der Waals surface area contributed by atoms with Gasteiger partial charge in [-0.3, -0.25) is 10.2 Å². The molecule has 1 rings (SSSR count). The molecule has 0 bridgehead atoms. The van der Waals surface area contributed by atoms with Crippen molar-refractivity contribution in [2.24, 2.45) is 5.16 Å². The number of carbonyl (C=O) groups excluding carboxylic acids is 1. The third-order valence-electron chi connectivity index (χ3n) is 2.00. The lowest BCUT2D eigenvalue weighted by molar-refractivity contribution is -0.133. The van der Waals surface area contributed by atoms with Crippen molar-refractivity contribution in [2.45, 2.75) is 31.7 Å². The molecule has 0 aliphatic carbocycles. The first-order chi connectivity index (χ1) is 6.79. The summed E-state index contributed by atoms with van der Waals surface area (Å²) in [6, 6.07) is 0. The van der Waals surface area contributed by atoms with Gasteiger partial charge in [-0.05, 0) is 20.8 Å². The number of halogens is 1. The molecular formula is C9H14ClN3O2. The molecule has 0 saturated carbocycles. The van der Waals surface area contributed by atoms with E-state index in [1.54, 1.807) is 0 Å². The zero-order valence-corrected chi connectivity index (χ0v) is 9.67. The van der Waals surface area contributed by atoms with Crippen LogP contribution in [0.5, 0.6) is 0 Å². The standard InChI is InChI=1S/C9H14ClN3O2/c1-5-6(10)7(12-15)8(14)13(11-5)9(2,3)4/h6,11,15H,1H2,2-4H3. The number of alkyl halides is 1. The van der Waals surface area contributed by atoms with Gasteiger partial charge >= 0.3 is 0 Å². The molecule has 0 spiro atoms. The number of nitrogens with one attached hydrogen (secondary N) is 1. The second-order valence-corrected chi connectivity index (χ2v) is 4.73. The lowest BCUT2D eigenvalue weighted by Crippen LogP contribution is -2.61. The van der Waals surface area contributed by atoms with Crippen molar-refractivity contribution in [3.05, 3.63) is 12.3 Å². The minimum atomic E-state index is -0.805. The van der Waals surface area contributed by atoms with Gasteiger partial charge in [0.05, 0.1) is 5.54 Å². The molecule has 5 nitrogen and oxygen atoms in total. The summed E-state index contributed by atoms with van der Waals surface area (Å²) in [5.41, 5.74) is 2.63. The number of hydrazine groups is 1. The molecule has 15 heavy (non-hydrogen) atoms. The number of rotatable bonds is 0. The van der Waals surface area contributed by atoms with Crippen LogP contribution in [0.15, 0.2) is 17.4 Å². The maximum absolute atomic E-state index is 11.8. The fourth-order valence-corrected chi connectivity index (χ4v) is 1.39. The van der Waals surface area contributed by atoms with Gasteiger partial charge in [-0.25, -0.2) is 5.01 Å². The molecule has 0 aromatic heterocycles. The SMILES string of the molecule is C=C1NN(C(C)(C)C)C(=O)C(=NO)C1Cl. The minimum absolute atomic E-state index is 0.115. The van der Waals surface area contributed by atoms with Gasteiger partial charge in [0.2, 0.25) is 0 Å². The van der Waals surface area contributed by atoms with E-state index in [0.29, 0.717) is 5.70 Å². The van der Waals surface area contributed by atoms with Crippen molar-refractivity contribution in [1.82, 2.24) is 10.4 Å².